The van der Waals surface area contributed by atoms with Crippen LogP contribution in [0.5, 0.6) is 0 Å². The zero-order chi connectivity index (χ0) is 13.8. The van der Waals surface area contributed by atoms with Crippen molar-refractivity contribution in [1.29, 1.82) is 0 Å². The molecule has 0 unspecified atom stereocenters. The van der Waals surface area contributed by atoms with E-state index in [2.05, 4.69) is 15.9 Å². The molecule has 0 aliphatic carbocycles. The van der Waals surface area contributed by atoms with Crippen LogP contribution in [0.25, 0.3) is 0 Å². The second kappa shape index (κ2) is 5.89. The number of halogens is 1. The van der Waals surface area contributed by atoms with Crippen LogP contribution in [-0.4, -0.2) is 12.5 Å². The van der Waals surface area contributed by atoms with Crippen LogP contribution in [0.3, 0.4) is 0 Å². The Morgan fingerprint density at radius 2 is 1.89 bits per heavy atom. The highest BCUT2D eigenvalue weighted by atomic mass is 79.9. The fourth-order valence-corrected chi connectivity index (χ4v) is 2.45. The molecule has 0 aliphatic heterocycles. The first-order chi connectivity index (χ1) is 9.11. The zero-order valence-electron chi connectivity index (χ0n) is 10.6. The molecule has 1 amide bonds. The van der Waals surface area contributed by atoms with Gasteiger partial charge in [0.15, 0.2) is 0 Å². The van der Waals surface area contributed by atoms with Crippen molar-refractivity contribution in [2.45, 2.75) is 6.92 Å². The number of amides is 1. The smallest absolute Gasteiger partial charge is 0.258 e. The van der Waals surface area contributed by atoms with Crippen molar-refractivity contribution in [3.05, 3.63) is 58.6 Å². The van der Waals surface area contributed by atoms with Gasteiger partial charge in [-0.05, 0) is 37.3 Å². The van der Waals surface area contributed by atoms with Crippen LogP contribution in [-0.2, 0) is 0 Å². The lowest BCUT2D eigenvalue weighted by Crippen LogP contribution is -2.30. The largest absolute Gasteiger partial charge is 0.399 e. The van der Waals surface area contributed by atoms with E-state index in [1.807, 2.05) is 37.3 Å². The predicted molar refractivity (Wildman–Crippen MR) is 82.3 cm³/mol. The molecule has 2 aromatic carbocycles. The summed E-state index contributed by atoms with van der Waals surface area (Å²) >= 11 is 3.36. The summed E-state index contributed by atoms with van der Waals surface area (Å²) in [5.74, 6) is -0.0540. The van der Waals surface area contributed by atoms with E-state index >= 15 is 0 Å². The van der Waals surface area contributed by atoms with Crippen LogP contribution in [0.1, 0.15) is 17.3 Å². The van der Waals surface area contributed by atoms with Gasteiger partial charge in [0.2, 0.25) is 0 Å². The van der Waals surface area contributed by atoms with Crippen molar-refractivity contribution in [2.24, 2.45) is 0 Å². The number of nitrogen functional groups attached to an aromatic ring is 1. The zero-order valence-corrected chi connectivity index (χ0v) is 12.2. The first kappa shape index (κ1) is 13.6. The second-order valence-electron chi connectivity index (χ2n) is 4.16. The van der Waals surface area contributed by atoms with Crippen LogP contribution in [0, 0.1) is 0 Å². The van der Waals surface area contributed by atoms with Gasteiger partial charge in [-0.1, -0.05) is 34.1 Å². The third-order valence-electron chi connectivity index (χ3n) is 2.80. The molecule has 2 aromatic rings. The Kier molecular flexibility index (Phi) is 4.22. The third kappa shape index (κ3) is 3.15. The van der Waals surface area contributed by atoms with Gasteiger partial charge in [0.05, 0.1) is 0 Å². The Bertz CT molecular complexity index is 564. The van der Waals surface area contributed by atoms with Gasteiger partial charge in [0.1, 0.15) is 0 Å². The quantitative estimate of drug-likeness (QED) is 0.877. The van der Waals surface area contributed by atoms with Gasteiger partial charge in [-0.2, -0.15) is 0 Å². The van der Waals surface area contributed by atoms with E-state index in [1.165, 1.54) is 0 Å². The maximum Gasteiger partial charge on any atom is 0.258 e. The van der Waals surface area contributed by atoms with E-state index in [0.717, 1.165) is 10.2 Å². The van der Waals surface area contributed by atoms with Gasteiger partial charge in [-0.25, -0.2) is 0 Å². The standard InChI is InChI=1S/C15H15BrN2O/c1-2-18(14-6-4-3-5-7-14)15(19)11-8-12(16)10-13(17)9-11/h3-10H,2,17H2,1H3. The summed E-state index contributed by atoms with van der Waals surface area (Å²) in [4.78, 5) is 14.3. The lowest BCUT2D eigenvalue weighted by atomic mass is 10.1. The average Bonchev–Trinajstić information content (AvgIpc) is 2.39. The number of rotatable bonds is 3. The maximum atomic E-state index is 12.5. The van der Waals surface area contributed by atoms with Gasteiger partial charge in [-0.3, -0.25) is 4.79 Å². The molecule has 0 aliphatic rings. The predicted octanol–water partition coefficient (Wildman–Crippen LogP) is 3.70. The highest BCUT2D eigenvalue weighted by molar-refractivity contribution is 9.10. The van der Waals surface area contributed by atoms with Gasteiger partial charge in [-0.15, -0.1) is 0 Å². The fraction of sp³-hybridized carbons (Fsp3) is 0.133. The van der Waals surface area contributed by atoms with E-state index in [-0.39, 0.29) is 5.91 Å². The number of para-hydroxylation sites is 1. The molecule has 0 heterocycles. The second-order valence-corrected chi connectivity index (χ2v) is 5.07. The lowest BCUT2D eigenvalue weighted by molar-refractivity contribution is 0.0988. The van der Waals surface area contributed by atoms with Crippen molar-refractivity contribution in [3.63, 3.8) is 0 Å². The van der Waals surface area contributed by atoms with Crippen molar-refractivity contribution in [2.75, 3.05) is 17.2 Å². The first-order valence-corrected chi connectivity index (χ1v) is 6.84. The number of carbonyl (C=O) groups is 1. The van der Waals surface area contributed by atoms with Crippen molar-refractivity contribution in [3.8, 4) is 0 Å². The van der Waals surface area contributed by atoms with E-state index in [4.69, 9.17) is 5.73 Å². The molecular weight excluding hydrogens is 304 g/mol. The Hall–Kier alpha value is -1.81. The number of nitrogens with two attached hydrogens (primary N) is 1. The van der Waals surface area contributed by atoms with Gasteiger partial charge in [0, 0.05) is 28.0 Å². The number of nitrogens with zero attached hydrogens (tertiary/aromatic N) is 1. The SMILES string of the molecule is CCN(C(=O)c1cc(N)cc(Br)c1)c1ccccc1. The molecular formula is C15H15BrN2O. The van der Waals surface area contributed by atoms with Crippen LogP contribution >= 0.6 is 15.9 Å². The molecule has 0 radical (unpaired) electrons. The molecule has 98 valence electrons. The fourth-order valence-electron chi connectivity index (χ4n) is 1.94. The highest BCUT2D eigenvalue weighted by Gasteiger charge is 2.16. The summed E-state index contributed by atoms with van der Waals surface area (Å²) in [6.45, 7) is 2.56. The maximum absolute atomic E-state index is 12.5. The Morgan fingerprint density at radius 3 is 2.47 bits per heavy atom. The average molecular weight is 319 g/mol. The molecule has 0 spiro atoms. The molecule has 0 saturated heterocycles. The lowest BCUT2D eigenvalue weighted by Gasteiger charge is -2.21. The molecule has 0 atom stereocenters. The van der Waals surface area contributed by atoms with Crippen LogP contribution in [0.15, 0.2) is 53.0 Å². The van der Waals surface area contributed by atoms with E-state index in [1.54, 1.807) is 23.1 Å². The molecule has 2 rings (SSSR count). The van der Waals surface area contributed by atoms with Crippen molar-refractivity contribution < 1.29 is 4.79 Å². The summed E-state index contributed by atoms with van der Waals surface area (Å²) in [5, 5.41) is 0. The van der Waals surface area contributed by atoms with E-state index in [9.17, 15) is 4.79 Å². The summed E-state index contributed by atoms with van der Waals surface area (Å²) < 4.78 is 0.806. The van der Waals surface area contributed by atoms with Crippen molar-refractivity contribution in [1.82, 2.24) is 0 Å². The summed E-state index contributed by atoms with van der Waals surface area (Å²) in [7, 11) is 0. The minimum absolute atomic E-state index is 0.0540. The van der Waals surface area contributed by atoms with Crippen LogP contribution < -0.4 is 10.6 Å². The monoisotopic (exact) mass is 318 g/mol. The molecule has 2 N–H and O–H groups in total. The normalized spacial score (nSPS) is 10.2. The van der Waals surface area contributed by atoms with Crippen LogP contribution in [0.2, 0.25) is 0 Å². The van der Waals surface area contributed by atoms with Crippen molar-refractivity contribution >= 4 is 33.2 Å². The molecule has 0 bridgehead atoms. The summed E-state index contributed by atoms with van der Waals surface area (Å²) in [6.07, 6.45) is 0. The van der Waals surface area contributed by atoms with Gasteiger partial charge in [0.25, 0.3) is 5.91 Å². The molecule has 3 nitrogen and oxygen atoms in total. The summed E-state index contributed by atoms with van der Waals surface area (Å²) in [6, 6.07) is 14.9. The minimum Gasteiger partial charge on any atom is -0.399 e. The Morgan fingerprint density at radius 1 is 1.21 bits per heavy atom. The summed E-state index contributed by atoms with van der Waals surface area (Å²) in [5.41, 5.74) is 7.81. The molecule has 4 heteroatoms. The molecule has 0 aromatic heterocycles. The van der Waals surface area contributed by atoms with Crippen LogP contribution in [0.4, 0.5) is 11.4 Å². The van der Waals surface area contributed by atoms with Gasteiger partial charge < -0.3 is 10.6 Å². The third-order valence-corrected chi connectivity index (χ3v) is 3.25. The van der Waals surface area contributed by atoms with Gasteiger partial charge >= 0.3 is 0 Å². The topological polar surface area (TPSA) is 46.3 Å². The van der Waals surface area contributed by atoms with E-state index in [0.29, 0.717) is 17.8 Å². The minimum atomic E-state index is -0.0540. The highest BCUT2D eigenvalue weighted by Crippen LogP contribution is 2.21. The first-order valence-electron chi connectivity index (χ1n) is 6.05. The number of benzene rings is 2. The number of hydrogen-bond donors (Lipinski definition) is 1. The number of anilines is 2. The Labute approximate surface area is 121 Å². The molecule has 0 fully saturated rings. The molecule has 19 heavy (non-hydrogen) atoms. The van der Waals surface area contributed by atoms with E-state index < -0.39 is 0 Å². The Balaban J connectivity index is 2.36. The number of hydrogen-bond acceptors (Lipinski definition) is 2. The number of carbonyl (C=O) groups excluding carboxylic acids is 1. The molecule has 0 saturated carbocycles.